The van der Waals surface area contributed by atoms with E-state index in [9.17, 15) is 14.3 Å². The molecule has 0 saturated carbocycles. The summed E-state index contributed by atoms with van der Waals surface area (Å²) in [7, 11) is 0. The van der Waals surface area contributed by atoms with Gasteiger partial charge in [-0.25, -0.2) is 4.39 Å². The molecule has 20 heavy (non-hydrogen) atoms. The fourth-order valence-electron chi connectivity index (χ4n) is 1.52. The first kappa shape index (κ1) is 15.1. The molecule has 0 aliphatic heterocycles. The molecule has 0 aromatic heterocycles. The van der Waals surface area contributed by atoms with Gasteiger partial charge >= 0.3 is 0 Å². The van der Waals surface area contributed by atoms with Crippen molar-refractivity contribution in [2.24, 2.45) is 0 Å². The summed E-state index contributed by atoms with van der Waals surface area (Å²) in [5.41, 5.74) is 0.304. The van der Waals surface area contributed by atoms with Gasteiger partial charge in [0.05, 0.1) is 15.6 Å². The van der Waals surface area contributed by atoms with Gasteiger partial charge in [0, 0.05) is 10.2 Å². The van der Waals surface area contributed by atoms with Crippen molar-refractivity contribution in [3.63, 3.8) is 0 Å². The summed E-state index contributed by atoms with van der Waals surface area (Å²) in [5, 5.41) is 11.8. The molecule has 1 amide bonds. The normalized spacial score (nSPS) is 10.4. The number of hydrogen-bond acceptors (Lipinski definition) is 2. The van der Waals surface area contributed by atoms with Crippen LogP contribution < -0.4 is 5.32 Å². The number of phenolic OH excluding ortho intramolecular Hbond substituents is 1. The van der Waals surface area contributed by atoms with E-state index >= 15 is 0 Å². The van der Waals surface area contributed by atoms with Gasteiger partial charge in [-0.15, -0.1) is 0 Å². The highest BCUT2D eigenvalue weighted by Gasteiger charge is 2.14. The van der Waals surface area contributed by atoms with Crippen LogP contribution in [0.15, 0.2) is 34.8 Å². The van der Waals surface area contributed by atoms with Crippen LogP contribution in [0.1, 0.15) is 10.4 Å². The van der Waals surface area contributed by atoms with Crippen LogP contribution in [0.4, 0.5) is 10.1 Å². The molecule has 0 aliphatic carbocycles. The second-order valence-corrected chi connectivity index (χ2v) is 5.60. The number of carbonyl (C=O) groups excluding carboxylic acids is 1. The molecule has 2 aromatic carbocycles. The molecule has 104 valence electrons. The number of phenols is 1. The molecular weight excluding hydrogens is 372 g/mol. The van der Waals surface area contributed by atoms with Crippen molar-refractivity contribution in [2.75, 3.05) is 5.32 Å². The Labute approximate surface area is 132 Å². The zero-order valence-electron chi connectivity index (χ0n) is 9.75. The highest BCUT2D eigenvalue weighted by Crippen LogP contribution is 2.28. The van der Waals surface area contributed by atoms with Gasteiger partial charge < -0.3 is 10.4 Å². The van der Waals surface area contributed by atoms with Crippen LogP contribution in [-0.2, 0) is 0 Å². The van der Waals surface area contributed by atoms with Crippen LogP contribution in [0.3, 0.4) is 0 Å². The summed E-state index contributed by atoms with van der Waals surface area (Å²) >= 11 is 14.4. The summed E-state index contributed by atoms with van der Waals surface area (Å²) in [6, 6.07) is 6.91. The van der Waals surface area contributed by atoms with E-state index < -0.39 is 11.7 Å². The maximum absolute atomic E-state index is 13.3. The van der Waals surface area contributed by atoms with E-state index in [1.807, 2.05) is 0 Å². The third-order valence-electron chi connectivity index (χ3n) is 2.45. The summed E-state index contributed by atoms with van der Waals surface area (Å²) < 4.78 is 13.9. The predicted molar refractivity (Wildman–Crippen MR) is 80.2 cm³/mol. The molecule has 7 heteroatoms. The minimum Gasteiger partial charge on any atom is -0.507 e. The van der Waals surface area contributed by atoms with E-state index in [0.717, 1.165) is 0 Å². The van der Waals surface area contributed by atoms with Gasteiger partial charge in [-0.05, 0) is 30.3 Å². The maximum Gasteiger partial charge on any atom is 0.259 e. The molecular formula is C13H7BrCl2FNO2. The summed E-state index contributed by atoms with van der Waals surface area (Å²) in [4.78, 5) is 12.0. The highest BCUT2D eigenvalue weighted by atomic mass is 79.9. The zero-order chi connectivity index (χ0) is 14.9. The molecule has 0 radical (unpaired) electrons. The predicted octanol–water partition coefficient (Wildman–Crippen LogP) is 4.85. The molecule has 0 saturated heterocycles. The fourth-order valence-corrected chi connectivity index (χ4v) is 2.36. The van der Waals surface area contributed by atoms with Crippen LogP contribution in [0, 0.1) is 5.82 Å². The number of benzene rings is 2. The van der Waals surface area contributed by atoms with E-state index in [0.29, 0.717) is 4.47 Å². The Balaban J connectivity index is 2.28. The van der Waals surface area contributed by atoms with Crippen molar-refractivity contribution in [2.45, 2.75) is 0 Å². The van der Waals surface area contributed by atoms with Crippen molar-refractivity contribution >= 4 is 50.7 Å². The van der Waals surface area contributed by atoms with E-state index in [-0.39, 0.29) is 27.0 Å². The number of aromatic hydroxyl groups is 1. The Morgan fingerprint density at radius 2 is 1.80 bits per heavy atom. The maximum atomic E-state index is 13.3. The average molecular weight is 379 g/mol. The SMILES string of the molecule is O=C(Nc1cc(Cl)c(F)c(Cl)c1)c1ccc(Br)cc1O. The van der Waals surface area contributed by atoms with Crippen LogP contribution in [0.25, 0.3) is 0 Å². The quantitative estimate of drug-likeness (QED) is 0.733. The third kappa shape index (κ3) is 3.23. The standard InChI is InChI=1S/C13H7BrCl2FNO2/c14-6-1-2-8(11(19)3-6)13(20)18-7-4-9(15)12(17)10(16)5-7/h1-5,19H,(H,18,20). The van der Waals surface area contributed by atoms with Crippen molar-refractivity contribution in [1.29, 1.82) is 0 Å². The lowest BCUT2D eigenvalue weighted by Crippen LogP contribution is -2.12. The van der Waals surface area contributed by atoms with Crippen molar-refractivity contribution < 1.29 is 14.3 Å². The van der Waals surface area contributed by atoms with Gasteiger partial charge in [-0.1, -0.05) is 39.1 Å². The number of rotatable bonds is 2. The second kappa shape index (κ2) is 5.99. The van der Waals surface area contributed by atoms with Crippen molar-refractivity contribution in [3.05, 3.63) is 56.2 Å². The van der Waals surface area contributed by atoms with Crippen LogP contribution >= 0.6 is 39.1 Å². The highest BCUT2D eigenvalue weighted by molar-refractivity contribution is 9.10. The Morgan fingerprint density at radius 3 is 2.35 bits per heavy atom. The number of anilines is 1. The van der Waals surface area contributed by atoms with E-state index in [4.69, 9.17) is 23.2 Å². The smallest absolute Gasteiger partial charge is 0.259 e. The van der Waals surface area contributed by atoms with E-state index in [2.05, 4.69) is 21.2 Å². The van der Waals surface area contributed by atoms with Gasteiger partial charge in [-0.2, -0.15) is 0 Å². The summed E-state index contributed by atoms with van der Waals surface area (Å²) in [6.45, 7) is 0. The number of hydrogen-bond donors (Lipinski definition) is 2. The topological polar surface area (TPSA) is 49.3 Å². The molecule has 2 aromatic rings. The van der Waals surface area contributed by atoms with E-state index in [1.54, 1.807) is 6.07 Å². The lowest BCUT2D eigenvalue weighted by Gasteiger charge is -2.08. The Bertz CT molecular complexity index is 671. The van der Waals surface area contributed by atoms with Gasteiger partial charge in [-0.3, -0.25) is 4.79 Å². The number of carbonyl (C=O) groups is 1. The van der Waals surface area contributed by atoms with Gasteiger partial charge in [0.15, 0.2) is 5.82 Å². The first-order valence-corrected chi connectivity index (χ1v) is 6.88. The van der Waals surface area contributed by atoms with Gasteiger partial charge in [0.2, 0.25) is 0 Å². The first-order valence-electron chi connectivity index (χ1n) is 5.33. The number of nitrogens with one attached hydrogen (secondary N) is 1. The van der Waals surface area contributed by atoms with Gasteiger partial charge in [0.25, 0.3) is 5.91 Å². The zero-order valence-corrected chi connectivity index (χ0v) is 12.9. The lowest BCUT2D eigenvalue weighted by molar-refractivity contribution is 0.102. The molecule has 3 nitrogen and oxygen atoms in total. The molecule has 0 heterocycles. The Kier molecular flexibility index (Phi) is 4.52. The second-order valence-electron chi connectivity index (χ2n) is 3.87. The molecule has 0 fully saturated rings. The average Bonchev–Trinajstić information content (AvgIpc) is 2.35. The first-order chi connectivity index (χ1) is 9.38. The monoisotopic (exact) mass is 377 g/mol. The molecule has 0 bridgehead atoms. The van der Waals surface area contributed by atoms with Crippen molar-refractivity contribution in [3.8, 4) is 5.75 Å². The molecule has 0 unspecified atom stereocenters. The Hall–Kier alpha value is -1.30. The van der Waals surface area contributed by atoms with Crippen LogP contribution in [0.5, 0.6) is 5.75 Å². The van der Waals surface area contributed by atoms with Crippen molar-refractivity contribution in [1.82, 2.24) is 0 Å². The molecule has 0 spiro atoms. The molecule has 0 aliphatic rings. The van der Waals surface area contributed by atoms with E-state index in [1.165, 1.54) is 24.3 Å². The molecule has 2 rings (SSSR count). The lowest BCUT2D eigenvalue weighted by atomic mass is 10.2. The summed E-state index contributed by atoms with van der Waals surface area (Å²) in [6.07, 6.45) is 0. The minimum absolute atomic E-state index is 0.0739. The summed E-state index contributed by atoms with van der Waals surface area (Å²) in [5.74, 6) is -1.50. The van der Waals surface area contributed by atoms with Crippen LogP contribution in [-0.4, -0.2) is 11.0 Å². The van der Waals surface area contributed by atoms with Gasteiger partial charge in [0.1, 0.15) is 5.75 Å². The molecule has 2 N–H and O–H groups in total. The fraction of sp³-hybridized carbons (Fsp3) is 0. The minimum atomic E-state index is -0.752. The number of amides is 1. The largest absolute Gasteiger partial charge is 0.507 e. The number of halogens is 4. The third-order valence-corrected chi connectivity index (χ3v) is 3.49. The van der Waals surface area contributed by atoms with Crippen LogP contribution in [0.2, 0.25) is 10.0 Å². The Morgan fingerprint density at radius 1 is 1.20 bits per heavy atom. The molecule has 0 atom stereocenters.